The molecule has 1 amide bonds. The summed E-state index contributed by atoms with van der Waals surface area (Å²) in [6.45, 7) is 17.6. The van der Waals surface area contributed by atoms with E-state index in [9.17, 15) is 4.79 Å². The zero-order valence-corrected chi connectivity index (χ0v) is 16.3. The smallest absolute Gasteiger partial charge is 0.410 e. The lowest BCUT2D eigenvalue weighted by Gasteiger charge is -2.31. The van der Waals surface area contributed by atoms with Crippen LogP contribution in [0.15, 0.2) is 0 Å². The van der Waals surface area contributed by atoms with Crippen molar-refractivity contribution in [1.29, 1.82) is 0 Å². The molecule has 0 bridgehead atoms. The van der Waals surface area contributed by atoms with Gasteiger partial charge in [-0.1, -0.05) is 41.5 Å². The highest BCUT2D eigenvalue weighted by Crippen LogP contribution is 2.22. The summed E-state index contributed by atoms with van der Waals surface area (Å²) in [7, 11) is 0. The van der Waals surface area contributed by atoms with Gasteiger partial charge in [0.05, 0.1) is 6.10 Å². The zero-order chi connectivity index (χ0) is 18.0. The molecule has 0 aliphatic carbocycles. The number of amides is 1. The molecular formula is C18H41NO3. The highest BCUT2D eigenvalue weighted by Gasteiger charge is 2.23. The van der Waals surface area contributed by atoms with Crippen LogP contribution in [-0.4, -0.2) is 41.9 Å². The molecule has 0 radical (unpaired) electrons. The van der Waals surface area contributed by atoms with Gasteiger partial charge in [-0.2, -0.15) is 0 Å². The summed E-state index contributed by atoms with van der Waals surface area (Å²) < 4.78 is 5.15. The molecule has 1 aliphatic rings. The van der Waals surface area contributed by atoms with Gasteiger partial charge >= 0.3 is 6.09 Å². The number of hydrogen-bond acceptors (Lipinski definition) is 3. The molecule has 4 heteroatoms. The van der Waals surface area contributed by atoms with Gasteiger partial charge in [0.1, 0.15) is 0 Å². The second kappa shape index (κ2) is 20.2. The van der Waals surface area contributed by atoms with Gasteiger partial charge < -0.3 is 14.7 Å². The third-order valence-corrected chi connectivity index (χ3v) is 2.98. The summed E-state index contributed by atoms with van der Waals surface area (Å²) in [5.41, 5.74) is 0. The fourth-order valence-electron chi connectivity index (χ4n) is 2.06. The molecule has 1 heterocycles. The second-order valence-corrected chi connectivity index (χ2v) is 4.73. The molecule has 4 nitrogen and oxygen atoms in total. The maximum absolute atomic E-state index is 11.6. The molecule has 0 atom stereocenters. The van der Waals surface area contributed by atoms with Crippen molar-refractivity contribution in [2.45, 2.75) is 87.2 Å². The molecule has 0 aromatic heterocycles. The Labute approximate surface area is 139 Å². The third kappa shape index (κ3) is 14.2. The normalized spacial score (nSPS) is 13.8. The van der Waals surface area contributed by atoms with Crippen molar-refractivity contribution in [3.8, 4) is 0 Å². The molecule has 0 aromatic carbocycles. The molecule has 1 N–H and O–H groups in total. The van der Waals surface area contributed by atoms with E-state index in [2.05, 4.69) is 0 Å². The number of carbonyl (C=O) groups excluding carboxylic acids is 1. The van der Waals surface area contributed by atoms with E-state index in [4.69, 9.17) is 9.84 Å². The van der Waals surface area contributed by atoms with Crippen LogP contribution in [0.2, 0.25) is 0 Å². The van der Waals surface area contributed by atoms with Crippen molar-refractivity contribution in [2.24, 2.45) is 5.92 Å². The second-order valence-electron chi connectivity index (χ2n) is 4.73. The molecule has 1 saturated heterocycles. The van der Waals surface area contributed by atoms with Gasteiger partial charge in [-0.3, -0.25) is 0 Å². The Kier molecular flexibility index (Phi) is 24.0. The minimum absolute atomic E-state index is 0.0420. The van der Waals surface area contributed by atoms with E-state index in [1.54, 1.807) is 4.90 Å². The van der Waals surface area contributed by atoms with Crippen LogP contribution in [0.3, 0.4) is 0 Å². The molecule has 0 aromatic rings. The Balaban J connectivity index is -0.000000535. The first-order valence-corrected chi connectivity index (χ1v) is 9.20. The fraction of sp³-hybridized carbons (Fsp3) is 0.944. The maximum atomic E-state index is 11.6. The Hall–Kier alpha value is -0.770. The first-order valence-electron chi connectivity index (χ1n) is 9.20. The van der Waals surface area contributed by atoms with E-state index in [0.29, 0.717) is 5.92 Å². The molecule has 136 valence electrons. The van der Waals surface area contributed by atoms with Crippen LogP contribution in [0.1, 0.15) is 81.1 Å². The van der Waals surface area contributed by atoms with Gasteiger partial charge in [-0.05, 0) is 45.4 Å². The zero-order valence-electron chi connectivity index (χ0n) is 16.3. The van der Waals surface area contributed by atoms with Crippen molar-refractivity contribution in [3.63, 3.8) is 0 Å². The van der Waals surface area contributed by atoms with E-state index >= 15 is 0 Å². The first kappa shape index (κ1) is 26.1. The Morgan fingerprint density at radius 1 is 1.09 bits per heavy atom. The summed E-state index contributed by atoms with van der Waals surface area (Å²) in [5, 5.41) is 8.75. The Morgan fingerprint density at radius 2 is 1.55 bits per heavy atom. The van der Waals surface area contributed by atoms with Crippen molar-refractivity contribution in [3.05, 3.63) is 0 Å². The lowest BCUT2D eigenvalue weighted by molar-refractivity contribution is 0.0642. The molecule has 0 spiro atoms. The van der Waals surface area contributed by atoms with Crippen molar-refractivity contribution in [2.75, 3.05) is 19.7 Å². The monoisotopic (exact) mass is 319 g/mol. The van der Waals surface area contributed by atoms with Gasteiger partial charge in [0.15, 0.2) is 0 Å². The number of carbonyl (C=O) groups is 1. The van der Waals surface area contributed by atoms with E-state index in [1.807, 2.05) is 55.4 Å². The number of piperidine rings is 1. The number of rotatable bonds is 4. The highest BCUT2D eigenvalue weighted by atomic mass is 16.6. The highest BCUT2D eigenvalue weighted by molar-refractivity contribution is 5.67. The van der Waals surface area contributed by atoms with Gasteiger partial charge in [-0.15, -0.1) is 0 Å². The van der Waals surface area contributed by atoms with Gasteiger partial charge in [-0.25, -0.2) is 4.79 Å². The van der Waals surface area contributed by atoms with Crippen LogP contribution in [0.25, 0.3) is 0 Å². The third-order valence-electron chi connectivity index (χ3n) is 2.98. The molecule has 0 saturated carbocycles. The van der Waals surface area contributed by atoms with Crippen LogP contribution in [0.5, 0.6) is 0 Å². The van der Waals surface area contributed by atoms with Crippen molar-refractivity contribution < 1.29 is 14.6 Å². The predicted octanol–water partition coefficient (Wildman–Crippen LogP) is 5.09. The van der Waals surface area contributed by atoms with Gasteiger partial charge in [0, 0.05) is 19.7 Å². The number of nitrogens with zero attached hydrogens (tertiary/aromatic N) is 1. The maximum Gasteiger partial charge on any atom is 0.410 e. The van der Waals surface area contributed by atoms with E-state index in [1.165, 1.54) is 0 Å². The van der Waals surface area contributed by atoms with Crippen LogP contribution >= 0.6 is 0 Å². The number of likely N-dealkylation sites (tertiary alicyclic amines) is 1. The molecule has 0 unspecified atom stereocenters. The molecular weight excluding hydrogens is 278 g/mol. The number of hydrogen-bond donors (Lipinski definition) is 1. The first-order chi connectivity index (χ1) is 10.6. The van der Waals surface area contributed by atoms with Crippen molar-refractivity contribution in [1.82, 2.24) is 4.90 Å². The molecule has 22 heavy (non-hydrogen) atoms. The van der Waals surface area contributed by atoms with Crippen LogP contribution in [0.4, 0.5) is 4.79 Å². The lowest BCUT2D eigenvalue weighted by atomic mass is 9.92. The number of ether oxygens (including phenoxy) is 1. The quantitative estimate of drug-likeness (QED) is 0.784. The predicted molar refractivity (Wildman–Crippen MR) is 96.3 cm³/mol. The van der Waals surface area contributed by atoms with Crippen LogP contribution in [-0.2, 0) is 4.74 Å². The molecule has 1 fully saturated rings. The fourth-order valence-corrected chi connectivity index (χ4v) is 2.06. The summed E-state index contributed by atoms with van der Waals surface area (Å²) >= 11 is 0. The minimum Gasteiger partial charge on any atom is -0.447 e. The SMILES string of the molecule is CC.CC.CC.CC(C)OC(=O)N1CCC(CCCO)CC1. The Bertz CT molecular complexity index is 212. The minimum atomic E-state index is -0.185. The summed E-state index contributed by atoms with van der Waals surface area (Å²) in [6.07, 6.45) is 3.79. The Morgan fingerprint density at radius 3 is 1.91 bits per heavy atom. The average molecular weight is 320 g/mol. The number of aliphatic hydroxyl groups is 1. The summed E-state index contributed by atoms with van der Waals surface area (Å²) in [4.78, 5) is 13.4. The van der Waals surface area contributed by atoms with Crippen LogP contribution < -0.4 is 0 Å². The van der Waals surface area contributed by atoms with Crippen molar-refractivity contribution >= 4 is 6.09 Å². The largest absolute Gasteiger partial charge is 0.447 e. The van der Waals surface area contributed by atoms with E-state index < -0.39 is 0 Å². The lowest BCUT2D eigenvalue weighted by Crippen LogP contribution is -2.39. The topological polar surface area (TPSA) is 49.8 Å². The summed E-state index contributed by atoms with van der Waals surface area (Å²) in [6, 6.07) is 0. The summed E-state index contributed by atoms with van der Waals surface area (Å²) in [5.74, 6) is 0.662. The molecule has 1 aliphatic heterocycles. The standard InChI is InChI=1S/C12H23NO3.3C2H6/c1-10(2)16-12(15)13-7-5-11(6-8-13)4-3-9-14;3*1-2/h10-11,14H,3-9H2,1-2H3;3*1-2H3. The molecule has 1 rings (SSSR count). The van der Waals surface area contributed by atoms with Gasteiger partial charge in [0.25, 0.3) is 0 Å². The van der Waals surface area contributed by atoms with E-state index in [0.717, 1.165) is 38.8 Å². The number of aliphatic hydroxyl groups excluding tert-OH is 1. The average Bonchev–Trinajstić information content (AvgIpc) is 2.58. The van der Waals surface area contributed by atoms with Crippen LogP contribution in [0, 0.1) is 5.92 Å². The van der Waals surface area contributed by atoms with Gasteiger partial charge in [0.2, 0.25) is 0 Å². The van der Waals surface area contributed by atoms with E-state index in [-0.39, 0.29) is 18.8 Å².